The van der Waals surface area contributed by atoms with E-state index in [-0.39, 0.29) is 6.10 Å². The van der Waals surface area contributed by atoms with E-state index in [0.717, 1.165) is 50.7 Å². The Balaban J connectivity index is 1.44. The van der Waals surface area contributed by atoms with Crippen LogP contribution in [0.1, 0.15) is 23.5 Å². The molecule has 0 spiro atoms. The zero-order valence-corrected chi connectivity index (χ0v) is 13.9. The molecule has 120 valence electrons. The van der Waals surface area contributed by atoms with Crippen LogP contribution in [0.5, 0.6) is 0 Å². The Hall–Kier alpha value is -1.21. The van der Waals surface area contributed by atoms with Gasteiger partial charge >= 0.3 is 0 Å². The lowest BCUT2D eigenvalue weighted by atomic mass is 10.2. The minimum Gasteiger partial charge on any atom is -0.386 e. The third-order valence-electron chi connectivity index (χ3n) is 4.18. The second-order valence-electron chi connectivity index (χ2n) is 5.81. The summed E-state index contributed by atoms with van der Waals surface area (Å²) in [7, 11) is 0. The van der Waals surface area contributed by atoms with Gasteiger partial charge in [-0.1, -0.05) is 6.07 Å². The van der Waals surface area contributed by atoms with Crippen molar-refractivity contribution in [1.82, 2.24) is 19.6 Å². The summed E-state index contributed by atoms with van der Waals surface area (Å²) < 4.78 is 1.98. The maximum Gasteiger partial charge on any atom is 0.101 e. The van der Waals surface area contributed by atoms with Crippen molar-refractivity contribution in [3.63, 3.8) is 0 Å². The van der Waals surface area contributed by atoms with Crippen LogP contribution in [-0.2, 0) is 13.1 Å². The van der Waals surface area contributed by atoms with Crippen molar-refractivity contribution in [3.8, 4) is 0 Å². The van der Waals surface area contributed by atoms with E-state index in [1.807, 2.05) is 28.4 Å². The molecule has 1 aliphatic heterocycles. The maximum atomic E-state index is 10.2. The van der Waals surface area contributed by atoms with Crippen LogP contribution < -0.4 is 0 Å². The first kappa shape index (κ1) is 15.7. The van der Waals surface area contributed by atoms with Crippen molar-refractivity contribution >= 4 is 11.3 Å². The van der Waals surface area contributed by atoms with Crippen molar-refractivity contribution < 1.29 is 5.11 Å². The van der Waals surface area contributed by atoms with Crippen molar-refractivity contribution in [2.45, 2.75) is 26.1 Å². The van der Waals surface area contributed by atoms with Crippen LogP contribution in [0.3, 0.4) is 0 Å². The van der Waals surface area contributed by atoms with E-state index in [1.54, 1.807) is 11.3 Å². The van der Waals surface area contributed by atoms with Crippen LogP contribution in [-0.4, -0.2) is 57.4 Å². The molecular formula is C16H24N4OS. The first-order chi connectivity index (χ1) is 10.7. The molecular weight excluding hydrogens is 296 g/mol. The Bertz CT molecular complexity index is 560. The lowest BCUT2D eigenvalue weighted by Gasteiger charge is -2.35. The number of piperazine rings is 1. The average Bonchev–Trinajstić information content (AvgIpc) is 3.20. The second kappa shape index (κ2) is 7.37. The van der Waals surface area contributed by atoms with Gasteiger partial charge in [-0.15, -0.1) is 11.3 Å². The normalized spacial score (nSPS) is 18.6. The molecule has 0 amide bonds. The van der Waals surface area contributed by atoms with Crippen LogP contribution in [0.25, 0.3) is 0 Å². The van der Waals surface area contributed by atoms with Gasteiger partial charge in [-0.25, -0.2) is 0 Å². The van der Waals surface area contributed by atoms with Gasteiger partial charge in [-0.2, -0.15) is 5.10 Å². The molecule has 1 atom stereocenters. The fraction of sp³-hybridized carbons (Fsp3) is 0.562. The number of aromatic nitrogens is 2. The third kappa shape index (κ3) is 3.95. The monoisotopic (exact) mass is 320 g/mol. The van der Waals surface area contributed by atoms with E-state index in [4.69, 9.17) is 0 Å². The van der Waals surface area contributed by atoms with Gasteiger partial charge in [0.15, 0.2) is 0 Å². The van der Waals surface area contributed by atoms with Gasteiger partial charge in [0.1, 0.15) is 6.10 Å². The number of rotatable bonds is 6. The van der Waals surface area contributed by atoms with E-state index in [1.165, 1.54) is 5.56 Å². The van der Waals surface area contributed by atoms with Crippen LogP contribution >= 0.6 is 11.3 Å². The van der Waals surface area contributed by atoms with E-state index in [9.17, 15) is 5.11 Å². The smallest absolute Gasteiger partial charge is 0.101 e. The topological polar surface area (TPSA) is 44.5 Å². The van der Waals surface area contributed by atoms with E-state index in [2.05, 4.69) is 28.0 Å². The van der Waals surface area contributed by atoms with Crippen LogP contribution in [0.4, 0.5) is 0 Å². The average molecular weight is 320 g/mol. The van der Waals surface area contributed by atoms with Crippen molar-refractivity contribution in [1.29, 1.82) is 0 Å². The number of aliphatic hydroxyl groups excluding tert-OH is 1. The summed E-state index contributed by atoms with van der Waals surface area (Å²) in [6.45, 7) is 8.88. The highest BCUT2D eigenvalue weighted by Crippen LogP contribution is 2.20. The molecule has 0 unspecified atom stereocenters. The minimum atomic E-state index is -0.352. The molecule has 2 aromatic heterocycles. The molecule has 5 nitrogen and oxygen atoms in total. The number of β-amino-alcohol motifs (C(OH)–C–C–N with tert-alkyl or cyclic N) is 1. The molecule has 6 heteroatoms. The molecule has 0 aromatic carbocycles. The summed E-state index contributed by atoms with van der Waals surface area (Å²) in [5.41, 5.74) is 1.29. The largest absolute Gasteiger partial charge is 0.386 e. The summed E-state index contributed by atoms with van der Waals surface area (Å²) in [6.07, 6.45) is 3.75. The highest BCUT2D eigenvalue weighted by molar-refractivity contribution is 7.10. The van der Waals surface area contributed by atoms with E-state index < -0.39 is 0 Å². The highest BCUT2D eigenvalue weighted by Gasteiger charge is 2.20. The Morgan fingerprint density at radius 3 is 2.68 bits per heavy atom. The van der Waals surface area contributed by atoms with Crippen molar-refractivity contribution in [3.05, 3.63) is 40.3 Å². The maximum absolute atomic E-state index is 10.2. The molecule has 3 rings (SSSR count). The Morgan fingerprint density at radius 1 is 1.27 bits per heavy atom. The number of nitrogens with zero attached hydrogens (tertiary/aromatic N) is 4. The molecule has 2 aromatic rings. The summed E-state index contributed by atoms with van der Waals surface area (Å²) in [5, 5.41) is 16.6. The third-order valence-corrected chi connectivity index (χ3v) is 5.16. The van der Waals surface area contributed by atoms with Gasteiger partial charge in [0.2, 0.25) is 0 Å². The standard InChI is InChI=1S/C16H24N4OS/c1-2-20-12-14(10-17-20)11-18-5-7-19(8-6-18)13-15(21)16-4-3-9-22-16/h3-4,9-10,12,15,21H,2,5-8,11,13H2,1H3/t15-/m1/s1. The fourth-order valence-electron chi connectivity index (χ4n) is 2.86. The fourth-order valence-corrected chi connectivity index (χ4v) is 3.57. The number of hydrogen-bond acceptors (Lipinski definition) is 5. The Kier molecular flexibility index (Phi) is 5.25. The molecule has 1 aliphatic rings. The number of thiophene rings is 1. The van der Waals surface area contributed by atoms with Gasteiger partial charge < -0.3 is 5.11 Å². The highest BCUT2D eigenvalue weighted by atomic mass is 32.1. The van der Waals surface area contributed by atoms with Gasteiger partial charge in [-0.3, -0.25) is 14.5 Å². The van der Waals surface area contributed by atoms with Gasteiger partial charge in [0, 0.05) is 62.5 Å². The Morgan fingerprint density at radius 2 is 2.05 bits per heavy atom. The zero-order valence-electron chi connectivity index (χ0n) is 13.1. The second-order valence-corrected chi connectivity index (χ2v) is 6.79. The molecule has 22 heavy (non-hydrogen) atoms. The zero-order chi connectivity index (χ0) is 15.4. The van der Waals surface area contributed by atoms with E-state index >= 15 is 0 Å². The molecule has 1 saturated heterocycles. The number of aryl methyl sites for hydroxylation is 1. The molecule has 0 aliphatic carbocycles. The van der Waals surface area contributed by atoms with Crippen molar-refractivity contribution in [2.24, 2.45) is 0 Å². The molecule has 0 radical (unpaired) electrons. The van der Waals surface area contributed by atoms with Crippen molar-refractivity contribution in [2.75, 3.05) is 32.7 Å². The van der Waals surface area contributed by atoms with E-state index in [0.29, 0.717) is 0 Å². The first-order valence-electron chi connectivity index (χ1n) is 7.92. The van der Waals surface area contributed by atoms with Crippen LogP contribution in [0, 0.1) is 0 Å². The molecule has 3 heterocycles. The SMILES string of the molecule is CCn1cc(CN2CCN(C[C@@H](O)c3cccs3)CC2)cn1. The predicted molar refractivity (Wildman–Crippen MR) is 88.9 cm³/mol. The van der Waals surface area contributed by atoms with Crippen LogP contribution in [0.15, 0.2) is 29.9 Å². The van der Waals surface area contributed by atoms with Gasteiger partial charge in [0.25, 0.3) is 0 Å². The van der Waals surface area contributed by atoms with Gasteiger partial charge in [0.05, 0.1) is 6.20 Å². The summed E-state index contributed by atoms with van der Waals surface area (Å²) in [6, 6.07) is 4.01. The lowest BCUT2D eigenvalue weighted by molar-refractivity contribution is 0.0716. The Labute approximate surface area is 135 Å². The molecule has 1 N–H and O–H groups in total. The molecule has 0 bridgehead atoms. The first-order valence-corrected chi connectivity index (χ1v) is 8.80. The number of hydrogen-bond donors (Lipinski definition) is 1. The minimum absolute atomic E-state index is 0.352. The molecule has 1 fully saturated rings. The molecule has 0 saturated carbocycles. The van der Waals surface area contributed by atoms with Crippen LogP contribution in [0.2, 0.25) is 0 Å². The summed E-state index contributed by atoms with van der Waals surface area (Å²) >= 11 is 1.63. The number of aliphatic hydroxyl groups is 1. The summed E-state index contributed by atoms with van der Waals surface area (Å²) in [4.78, 5) is 5.89. The predicted octanol–water partition coefficient (Wildman–Crippen LogP) is 1.82. The quantitative estimate of drug-likeness (QED) is 0.882. The lowest BCUT2D eigenvalue weighted by Crippen LogP contribution is -2.46. The summed E-state index contributed by atoms with van der Waals surface area (Å²) in [5.74, 6) is 0. The van der Waals surface area contributed by atoms with Gasteiger partial charge in [-0.05, 0) is 18.4 Å².